The van der Waals surface area contributed by atoms with Gasteiger partial charge in [0.25, 0.3) is 0 Å². The third-order valence-electron chi connectivity index (χ3n) is 2.90. The molecule has 0 bridgehead atoms. The van der Waals surface area contributed by atoms with Crippen molar-refractivity contribution in [3.8, 4) is 0 Å². The van der Waals surface area contributed by atoms with Crippen LogP contribution in [0.3, 0.4) is 0 Å². The Kier molecular flexibility index (Phi) is 3.62. The van der Waals surface area contributed by atoms with E-state index < -0.39 is 0 Å². The normalized spacial score (nSPS) is 11.1. The van der Waals surface area contributed by atoms with E-state index in [1.54, 1.807) is 4.68 Å². The molecule has 102 valence electrons. The molecular weight excluding hydrogens is 272 g/mol. The van der Waals surface area contributed by atoms with Gasteiger partial charge < -0.3 is 5.32 Å². The fraction of sp³-hybridized carbons (Fsp3) is 0.231. The Morgan fingerprint density at radius 1 is 1.30 bits per heavy atom. The van der Waals surface area contributed by atoms with Crippen molar-refractivity contribution in [2.45, 2.75) is 16.7 Å². The minimum absolute atomic E-state index is 0.727. The lowest BCUT2D eigenvalue weighted by atomic mass is 10.1. The summed E-state index contributed by atoms with van der Waals surface area (Å²) in [6, 6.07) is 10.3. The smallest absolute Gasteiger partial charge is 0.215 e. The van der Waals surface area contributed by atoms with E-state index in [2.05, 4.69) is 33.0 Å². The van der Waals surface area contributed by atoms with Crippen LogP contribution >= 0.6 is 11.8 Å². The van der Waals surface area contributed by atoms with Crippen LogP contribution in [0.25, 0.3) is 10.9 Å². The summed E-state index contributed by atoms with van der Waals surface area (Å²) in [5.74, 6) is 0. The Bertz CT molecular complexity index is 739. The molecule has 0 fully saturated rings. The zero-order chi connectivity index (χ0) is 13.9. The van der Waals surface area contributed by atoms with Crippen molar-refractivity contribution in [1.29, 1.82) is 0 Å². The number of aromatic nitrogens is 5. The van der Waals surface area contributed by atoms with Crippen molar-refractivity contribution in [2.24, 2.45) is 7.05 Å². The van der Waals surface area contributed by atoms with E-state index in [-0.39, 0.29) is 0 Å². The molecule has 0 radical (unpaired) electrons. The second kappa shape index (κ2) is 5.56. The molecule has 0 amide bonds. The zero-order valence-corrected chi connectivity index (χ0v) is 12.1. The Morgan fingerprint density at radius 2 is 2.15 bits per heavy atom. The van der Waals surface area contributed by atoms with E-state index >= 15 is 0 Å². The van der Waals surface area contributed by atoms with E-state index in [0.29, 0.717) is 0 Å². The fourth-order valence-corrected chi connectivity index (χ4v) is 2.77. The van der Waals surface area contributed by atoms with Gasteiger partial charge in [0.2, 0.25) is 5.16 Å². The van der Waals surface area contributed by atoms with E-state index in [1.165, 1.54) is 11.8 Å². The summed E-state index contributed by atoms with van der Waals surface area (Å²) in [7, 11) is 3.74. The molecule has 3 rings (SSSR count). The quantitative estimate of drug-likeness (QED) is 0.786. The molecule has 0 unspecified atom stereocenters. The van der Waals surface area contributed by atoms with Crippen molar-refractivity contribution in [3.05, 3.63) is 35.9 Å². The summed E-state index contributed by atoms with van der Waals surface area (Å²) >= 11 is 1.48. The number of rotatable bonds is 4. The number of para-hydroxylation sites is 1. The lowest BCUT2D eigenvalue weighted by molar-refractivity contribution is 0.664. The van der Waals surface area contributed by atoms with Crippen LogP contribution in [0.2, 0.25) is 0 Å². The average Bonchev–Trinajstić information content (AvgIpc) is 2.85. The number of aryl methyl sites for hydroxylation is 1. The number of nitrogens with zero attached hydrogens (tertiary/aromatic N) is 5. The van der Waals surface area contributed by atoms with Crippen LogP contribution in [-0.2, 0) is 13.6 Å². The molecule has 0 aliphatic carbocycles. The molecule has 20 heavy (non-hydrogen) atoms. The monoisotopic (exact) mass is 286 g/mol. The number of hydrogen-bond acceptors (Lipinski definition) is 6. The summed E-state index contributed by atoms with van der Waals surface area (Å²) in [4.78, 5) is 4.72. The molecule has 0 atom stereocenters. The molecule has 1 N–H and O–H groups in total. The van der Waals surface area contributed by atoms with Crippen LogP contribution in [0.1, 0.15) is 5.56 Å². The molecule has 0 spiro atoms. The lowest BCUT2D eigenvalue weighted by Gasteiger charge is -2.09. The van der Waals surface area contributed by atoms with Gasteiger partial charge in [-0.1, -0.05) is 18.2 Å². The van der Waals surface area contributed by atoms with Gasteiger partial charge in [-0.3, -0.25) is 0 Å². The number of hydrogen-bond donors (Lipinski definition) is 1. The minimum atomic E-state index is 0.727. The van der Waals surface area contributed by atoms with E-state index in [1.807, 2.05) is 32.3 Å². The van der Waals surface area contributed by atoms with Crippen molar-refractivity contribution in [1.82, 2.24) is 30.5 Å². The van der Waals surface area contributed by atoms with Crippen molar-refractivity contribution in [3.63, 3.8) is 0 Å². The maximum absolute atomic E-state index is 4.72. The summed E-state index contributed by atoms with van der Waals surface area (Å²) in [5, 5.41) is 17.5. The van der Waals surface area contributed by atoms with Gasteiger partial charge in [0.1, 0.15) is 5.03 Å². The van der Waals surface area contributed by atoms with Crippen molar-refractivity contribution >= 4 is 22.7 Å². The largest absolute Gasteiger partial charge is 0.316 e. The summed E-state index contributed by atoms with van der Waals surface area (Å²) < 4.78 is 1.64. The second-order valence-corrected chi connectivity index (χ2v) is 5.32. The first-order valence-corrected chi connectivity index (χ1v) is 7.03. The van der Waals surface area contributed by atoms with Crippen LogP contribution in [0.15, 0.2) is 40.5 Å². The Labute approximate surface area is 120 Å². The molecule has 7 heteroatoms. The number of pyridine rings is 1. The molecule has 6 nitrogen and oxygen atoms in total. The first-order chi connectivity index (χ1) is 9.78. The molecule has 0 saturated heterocycles. The molecule has 1 aromatic carbocycles. The summed E-state index contributed by atoms with van der Waals surface area (Å²) in [6.07, 6.45) is 0. The van der Waals surface area contributed by atoms with E-state index in [0.717, 1.165) is 33.2 Å². The van der Waals surface area contributed by atoms with Crippen LogP contribution < -0.4 is 5.32 Å². The first kappa shape index (κ1) is 13.0. The molecule has 0 aliphatic heterocycles. The van der Waals surface area contributed by atoms with Crippen molar-refractivity contribution < 1.29 is 0 Å². The fourth-order valence-electron chi connectivity index (χ4n) is 1.94. The highest BCUT2D eigenvalue weighted by Gasteiger charge is 2.12. The van der Waals surface area contributed by atoms with Crippen LogP contribution in [-0.4, -0.2) is 32.2 Å². The molecular formula is C13H14N6S. The van der Waals surface area contributed by atoms with Crippen LogP contribution in [0, 0.1) is 0 Å². The van der Waals surface area contributed by atoms with Gasteiger partial charge in [0.05, 0.1) is 5.52 Å². The molecule has 3 aromatic rings. The first-order valence-electron chi connectivity index (χ1n) is 6.21. The molecule has 0 aliphatic rings. The Hall–Kier alpha value is -1.99. The minimum Gasteiger partial charge on any atom is -0.316 e. The Morgan fingerprint density at radius 3 is 2.90 bits per heavy atom. The zero-order valence-electron chi connectivity index (χ0n) is 11.2. The topological polar surface area (TPSA) is 68.5 Å². The highest BCUT2D eigenvalue weighted by Crippen LogP contribution is 2.29. The highest BCUT2D eigenvalue weighted by molar-refractivity contribution is 7.99. The summed E-state index contributed by atoms with van der Waals surface area (Å²) in [6.45, 7) is 0.755. The molecule has 2 heterocycles. The number of benzene rings is 1. The van der Waals surface area contributed by atoms with E-state index in [4.69, 9.17) is 4.98 Å². The van der Waals surface area contributed by atoms with Crippen LogP contribution in [0.5, 0.6) is 0 Å². The SMILES string of the molecule is CNCc1cc2ccccc2nc1Sc1nnnn1C. The predicted molar refractivity (Wildman–Crippen MR) is 77.4 cm³/mol. The predicted octanol–water partition coefficient (Wildman–Crippen LogP) is 1.63. The van der Waals surface area contributed by atoms with E-state index in [9.17, 15) is 0 Å². The standard InChI is InChI=1S/C13H14N6S/c1-14-8-10-7-9-5-3-4-6-11(9)15-12(10)20-13-16-17-18-19(13)2/h3-7,14H,8H2,1-2H3. The van der Waals surface area contributed by atoms with Gasteiger partial charge in [-0.2, -0.15) is 0 Å². The molecule has 2 aromatic heterocycles. The van der Waals surface area contributed by atoms with Gasteiger partial charge in [-0.25, -0.2) is 9.67 Å². The lowest BCUT2D eigenvalue weighted by Crippen LogP contribution is -2.07. The third-order valence-corrected chi connectivity index (χ3v) is 3.97. The van der Waals surface area contributed by atoms with Crippen LogP contribution in [0.4, 0.5) is 0 Å². The third kappa shape index (κ3) is 2.50. The molecule has 0 saturated carbocycles. The number of fused-ring (bicyclic) bond motifs is 1. The van der Waals surface area contributed by atoms with Gasteiger partial charge in [0.15, 0.2) is 0 Å². The highest BCUT2D eigenvalue weighted by atomic mass is 32.2. The second-order valence-electron chi connectivity index (χ2n) is 4.36. The van der Waals surface area contributed by atoms with Gasteiger partial charge in [0, 0.05) is 19.0 Å². The van der Waals surface area contributed by atoms with Gasteiger partial charge >= 0.3 is 0 Å². The van der Waals surface area contributed by atoms with Crippen molar-refractivity contribution in [2.75, 3.05) is 7.05 Å². The maximum Gasteiger partial charge on any atom is 0.215 e. The average molecular weight is 286 g/mol. The Balaban J connectivity index is 2.07. The number of nitrogens with one attached hydrogen (secondary N) is 1. The van der Waals surface area contributed by atoms with Gasteiger partial charge in [-0.15, -0.1) is 5.10 Å². The van der Waals surface area contributed by atoms with Gasteiger partial charge in [-0.05, 0) is 46.9 Å². The number of tetrazole rings is 1. The summed E-state index contributed by atoms with van der Waals surface area (Å²) in [5.41, 5.74) is 2.11. The maximum atomic E-state index is 4.72.